The maximum absolute atomic E-state index is 3.66. The standard InChI is InChI=1S/C13H15BrS/c1-8-11(14)9-6-5-7-10(12(9)15-8)13(2,3)4/h5-7H,1-4H3. The Morgan fingerprint density at radius 2 is 1.87 bits per heavy atom. The first-order chi connectivity index (χ1) is 6.91. The Balaban J connectivity index is 2.83. The second-order valence-corrected chi connectivity index (χ2v) is 6.92. The van der Waals surface area contributed by atoms with E-state index in [-0.39, 0.29) is 5.41 Å². The first-order valence-corrected chi connectivity index (χ1v) is 6.70. The number of halogens is 1. The fourth-order valence-electron chi connectivity index (χ4n) is 1.80. The molecule has 2 aromatic rings. The van der Waals surface area contributed by atoms with E-state index in [1.54, 1.807) is 0 Å². The molecule has 15 heavy (non-hydrogen) atoms. The minimum atomic E-state index is 0.218. The summed E-state index contributed by atoms with van der Waals surface area (Å²) in [4.78, 5) is 1.36. The molecule has 0 bridgehead atoms. The number of rotatable bonds is 0. The molecule has 0 saturated heterocycles. The van der Waals surface area contributed by atoms with E-state index >= 15 is 0 Å². The zero-order valence-corrected chi connectivity index (χ0v) is 11.9. The fourth-order valence-corrected chi connectivity index (χ4v) is 3.77. The molecule has 0 saturated carbocycles. The van der Waals surface area contributed by atoms with Crippen molar-refractivity contribution in [2.75, 3.05) is 0 Å². The number of thiophene rings is 1. The molecule has 0 aliphatic carbocycles. The largest absolute Gasteiger partial charge is 0.139 e. The molecule has 0 aliphatic rings. The monoisotopic (exact) mass is 282 g/mol. The molecule has 0 amide bonds. The van der Waals surface area contributed by atoms with E-state index in [1.165, 1.54) is 25.0 Å². The number of aryl methyl sites for hydroxylation is 1. The van der Waals surface area contributed by atoms with Crippen molar-refractivity contribution >= 4 is 37.4 Å². The van der Waals surface area contributed by atoms with Crippen molar-refractivity contribution in [3.63, 3.8) is 0 Å². The van der Waals surface area contributed by atoms with Crippen molar-refractivity contribution < 1.29 is 0 Å². The first kappa shape index (κ1) is 11.2. The minimum absolute atomic E-state index is 0.218. The van der Waals surface area contributed by atoms with Crippen molar-refractivity contribution in [3.05, 3.63) is 33.1 Å². The smallest absolute Gasteiger partial charge is 0.0394 e. The van der Waals surface area contributed by atoms with Gasteiger partial charge >= 0.3 is 0 Å². The lowest BCUT2D eigenvalue weighted by molar-refractivity contribution is 0.597. The summed E-state index contributed by atoms with van der Waals surface area (Å²) in [6, 6.07) is 6.59. The fraction of sp³-hybridized carbons (Fsp3) is 0.385. The van der Waals surface area contributed by atoms with E-state index in [0.717, 1.165) is 0 Å². The molecule has 0 nitrogen and oxygen atoms in total. The third kappa shape index (κ3) is 1.85. The molecule has 0 unspecified atom stereocenters. The number of hydrogen-bond acceptors (Lipinski definition) is 1. The summed E-state index contributed by atoms with van der Waals surface area (Å²) in [5.74, 6) is 0. The Kier molecular flexibility index (Phi) is 2.68. The van der Waals surface area contributed by atoms with E-state index in [2.05, 4.69) is 61.8 Å². The molecule has 1 aromatic carbocycles. The molecule has 0 fully saturated rings. The highest BCUT2D eigenvalue weighted by atomic mass is 79.9. The zero-order valence-electron chi connectivity index (χ0n) is 9.52. The van der Waals surface area contributed by atoms with Crippen LogP contribution in [-0.2, 0) is 5.41 Å². The molecular formula is C13H15BrS. The summed E-state index contributed by atoms with van der Waals surface area (Å²) in [7, 11) is 0. The van der Waals surface area contributed by atoms with Crippen LogP contribution in [0, 0.1) is 6.92 Å². The molecular weight excluding hydrogens is 268 g/mol. The Morgan fingerprint density at radius 3 is 2.47 bits per heavy atom. The molecule has 80 valence electrons. The van der Waals surface area contributed by atoms with Crippen LogP contribution in [0.4, 0.5) is 0 Å². The van der Waals surface area contributed by atoms with E-state index in [4.69, 9.17) is 0 Å². The molecule has 0 aliphatic heterocycles. The van der Waals surface area contributed by atoms with Gasteiger partial charge in [0.15, 0.2) is 0 Å². The quantitative estimate of drug-likeness (QED) is 0.618. The van der Waals surface area contributed by atoms with E-state index in [1.807, 2.05) is 11.3 Å². The Bertz CT molecular complexity index is 503. The van der Waals surface area contributed by atoms with E-state index < -0.39 is 0 Å². The topological polar surface area (TPSA) is 0 Å². The Hall–Kier alpha value is -0.340. The number of fused-ring (bicyclic) bond motifs is 1. The second-order valence-electron chi connectivity index (χ2n) is 4.90. The van der Waals surface area contributed by atoms with Crippen LogP contribution in [0.1, 0.15) is 31.2 Å². The molecule has 0 atom stereocenters. The van der Waals surface area contributed by atoms with Gasteiger partial charge in [0.2, 0.25) is 0 Å². The van der Waals surface area contributed by atoms with Gasteiger partial charge in [0, 0.05) is 19.4 Å². The molecule has 1 heterocycles. The molecule has 1 aromatic heterocycles. The van der Waals surface area contributed by atoms with Gasteiger partial charge in [-0.05, 0) is 33.8 Å². The summed E-state index contributed by atoms with van der Waals surface area (Å²) < 4.78 is 2.68. The molecule has 0 N–H and O–H groups in total. The summed E-state index contributed by atoms with van der Waals surface area (Å²) >= 11 is 5.55. The zero-order chi connectivity index (χ0) is 11.2. The minimum Gasteiger partial charge on any atom is -0.139 e. The van der Waals surface area contributed by atoms with Crippen LogP contribution >= 0.6 is 27.3 Å². The lowest BCUT2D eigenvalue weighted by Crippen LogP contribution is -2.10. The van der Waals surface area contributed by atoms with Crippen molar-refractivity contribution in [2.24, 2.45) is 0 Å². The molecule has 0 radical (unpaired) electrons. The number of hydrogen-bond donors (Lipinski definition) is 0. The van der Waals surface area contributed by atoms with Crippen LogP contribution < -0.4 is 0 Å². The maximum atomic E-state index is 3.66. The summed E-state index contributed by atoms with van der Waals surface area (Å²) in [6.45, 7) is 8.97. The molecule has 2 heteroatoms. The van der Waals surface area contributed by atoms with Gasteiger partial charge in [-0.1, -0.05) is 39.0 Å². The SMILES string of the molecule is Cc1sc2c(C(C)(C)C)cccc2c1Br. The van der Waals surface area contributed by atoms with Crippen molar-refractivity contribution in [1.82, 2.24) is 0 Å². The van der Waals surface area contributed by atoms with Crippen molar-refractivity contribution in [3.8, 4) is 0 Å². The summed E-state index contributed by atoms with van der Waals surface area (Å²) in [5, 5.41) is 1.35. The van der Waals surface area contributed by atoms with Crippen molar-refractivity contribution in [1.29, 1.82) is 0 Å². The van der Waals surface area contributed by atoms with Gasteiger partial charge in [-0.2, -0.15) is 0 Å². The number of benzene rings is 1. The van der Waals surface area contributed by atoms with Gasteiger partial charge < -0.3 is 0 Å². The lowest BCUT2D eigenvalue weighted by atomic mass is 9.86. The van der Waals surface area contributed by atoms with E-state index in [9.17, 15) is 0 Å². The highest BCUT2D eigenvalue weighted by Gasteiger charge is 2.19. The molecule has 2 rings (SSSR count). The maximum Gasteiger partial charge on any atom is 0.0394 e. The van der Waals surface area contributed by atoms with E-state index in [0.29, 0.717) is 0 Å². The van der Waals surface area contributed by atoms with Crippen LogP contribution in [0.3, 0.4) is 0 Å². The van der Waals surface area contributed by atoms with Crippen LogP contribution in [0.15, 0.2) is 22.7 Å². The highest BCUT2D eigenvalue weighted by molar-refractivity contribution is 9.10. The van der Waals surface area contributed by atoms with Gasteiger partial charge in [0.1, 0.15) is 0 Å². The average molecular weight is 283 g/mol. The normalized spacial score (nSPS) is 12.3. The van der Waals surface area contributed by atoms with Crippen LogP contribution in [-0.4, -0.2) is 0 Å². The Labute approximate surface area is 103 Å². The van der Waals surface area contributed by atoms with Gasteiger partial charge in [0.25, 0.3) is 0 Å². The second kappa shape index (κ2) is 3.60. The van der Waals surface area contributed by atoms with Crippen LogP contribution in [0.5, 0.6) is 0 Å². The van der Waals surface area contributed by atoms with Crippen molar-refractivity contribution in [2.45, 2.75) is 33.1 Å². The van der Waals surface area contributed by atoms with Gasteiger partial charge in [-0.25, -0.2) is 0 Å². The first-order valence-electron chi connectivity index (χ1n) is 5.09. The summed E-state index contributed by atoms with van der Waals surface area (Å²) in [6.07, 6.45) is 0. The Morgan fingerprint density at radius 1 is 1.20 bits per heavy atom. The third-order valence-electron chi connectivity index (χ3n) is 2.62. The van der Waals surface area contributed by atoms with Gasteiger partial charge in [-0.3, -0.25) is 0 Å². The van der Waals surface area contributed by atoms with Crippen LogP contribution in [0.25, 0.3) is 10.1 Å². The summed E-state index contributed by atoms with van der Waals surface area (Å²) in [5.41, 5.74) is 1.66. The van der Waals surface area contributed by atoms with Crippen LogP contribution in [0.2, 0.25) is 0 Å². The highest BCUT2D eigenvalue weighted by Crippen LogP contribution is 2.40. The predicted octanol–water partition coefficient (Wildman–Crippen LogP) is 5.27. The van der Waals surface area contributed by atoms with Gasteiger partial charge in [0.05, 0.1) is 0 Å². The molecule has 0 spiro atoms. The average Bonchev–Trinajstić information content (AvgIpc) is 2.41. The third-order valence-corrected chi connectivity index (χ3v) is 5.06. The lowest BCUT2D eigenvalue weighted by Gasteiger charge is -2.19. The predicted molar refractivity (Wildman–Crippen MR) is 73.0 cm³/mol. The van der Waals surface area contributed by atoms with Gasteiger partial charge in [-0.15, -0.1) is 11.3 Å².